The van der Waals surface area contributed by atoms with Crippen molar-refractivity contribution >= 4 is 17.6 Å². The van der Waals surface area contributed by atoms with Gasteiger partial charge in [-0.15, -0.1) is 0 Å². The highest BCUT2D eigenvalue weighted by atomic mass is 16.5. The Hall–Kier alpha value is -3.02. The summed E-state index contributed by atoms with van der Waals surface area (Å²) < 4.78 is 14.5. The maximum absolute atomic E-state index is 11.7. The third kappa shape index (κ3) is 3.76. The van der Waals surface area contributed by atoms with Gasteiger partial charge in [0.05, 0.1) is 26.6 Å². The smallest absolute Gasteiger partial charge is 0.354 e. The van der Waals surface area contributed by atoms with Gasteiger partial charge in [0, 0.05) is 11.3 Å². The lowest BCUT2D eigenvalue weighted by molar-refractivity contribution is -0.138. The van der Waals surface area contributed by atoms with Crippen LogP contribution in [-0.4, -0.2) is 26.2 Å². The van der Waals surface area contributed by atoms with Crippen LogP contribution in [0, 0.1) is 0 Å². The predicted octanol–water partition coefficient (Wildman–Crippen LogP) is 2.59. The van der Waals surface area contributed by atoms with Crippen molar-refractivity contribution in [2.75, 3.05) is 19.5 Å². The van der Waals surface area contributed by atoms with Crippen molar-refractivity contribution in [1.82, 2.24) is 0 Å². The number of ether oxygens (including phenoxy) is 2. The normalized spacial score (nSPS) is 10.9. The molecule has 0 atom stereocenters. The minimum absolute atomic E-state index is 0.0223. The summed E-state index contributed by atoms with van der Waals surface area (Å²) in [4.78, 5) is 23.0. The molecule has 0 radical (unpaired) electrons. The number of carbonyl (C=O) groups is 2. The second kappa shape index (κ2) is 7.12. The zero-order valence-electron chi connectivity index (χ0n) is 12.2. The van der Waals surface area contributed by atoms with Crippen molar-refractivity contribution in [1.29, 1.82) is 0 Å². The fourth-order valence-corrected chi connectivity index (χ4v) is 1.78. The van der Waals surface area contributed by atoms with E-state index in [0.717, 1.165) is 11.6 Å². The number of anilines is 1. The summed E-state index contributed by atoms with van der Waals surface area (Å²) in [5.41, 5.74) is 1.41. The van der Waals surface area contributed by atoms with Gasteiger partial charge in [0.25, 0.3) is 0 Å². The average molecular weight is 301 g/mol. The maximum Gasteiger partial charge on any atom is 0.354 e. The molecule has 0 unspecified atom stereocenters. The first kappa shape index (κ1) is 15.4. The number of hydrogen-bond acceptors (Lipinski definition) is 6. The molecule has 2 aromatic rings. The number of methoxy groups -OCH3 is 2. The molecule has 0 aliphatic heterocycles. The number of hydrogen-bond donors (Lipinski definition) is 1. The van der Waals surface area contributed by atoms with Gasteiger partial charge in [0.15, 0.2) is 0 Å². The Morgan fingerprint density at radius 3 is 2.59 bits per heavy atom. The molecule has 0 amide bonds. The van der Waals surface area contributed by atoms with Gasteiger partial charge in [-0.1, -0.05) is 12.1 Å². The lowest BCUT2D eigenvalue weighted by Gasteiger charge is -2.09. The molecular formula is C16H15NO5. The van der Waals surface area contributed by atoms with E-state index in [0.29, 0.717) is 11.4 Å². The van der Waals surface area contributed by atoms with Crippen LogP contribution >= 0.6 is 0 Å². The Kier molecular flexibility index (Phi) is 4.98. The molecule has 1 aromatic carbocycles. The van der Waals surface area contributed by atoms with Gasteiger partial charge < -0.3 is 19.2 Å². The van der Waals surface area contributed by atoms with E-state index in [1.165, 1.54) is 14.2 Å². The topological polar surface area (TPSA) is 77.8 Å². The van der Waals surface area contributed by atoms with Crippen LogP contribution in [0.3, 0.4) is 0 Å². The largest absolute Gasteiger partial charge is 0.466 e. The number of carbonyl (C=O) groups excluding carboxylic acids is 2. The van der Waals surface area contributed by atoms with E-state index in [4.69, 9.17) is 4.42 Å². The van der Waals surface area contributed by atoms with Crippen LogP contribution in [0.2, 0.25) is 0 Å². The van der Waals surface area contributed by atoms with Gasteiger partial charge in [0.2, 0.25) is 0 Å². The monoisotopic (exact) mass is 301 g/mol. The van der Waals surface area contributed by atoms with Gasteiger partial charge >= 0.3 is 11.9 Å². The Balaban J connectivity index is 2.27. The van der Waals surface area contributed by atoms with Crippen LogP contribution in [0.25, 0.3) is 11.3 Å². The predicted molar refractivity (Wildman–Crippen MR) is 79.9 cm³/mol. The molecule has 1 N–H and O–H groups in total. The minimum Gasteiger partial charge on any atom is -0.466 e. The molecule has 0 spiro atoms. The highest BCUT2D eigenvalue weighted by Gasteiger charge is 2.13. The molecule has 0 bridgehead atoms. The molecule has 6 heteroatoms. The summed E-state index contributed by atoms with van der Waals surface area (Å²) in [6.45, 7) is 0. The number of nitrogens with one attached hydrogen (secondary N) is 1. The van der Waals surface area contributed by atoms with Crippen molar-refractivity contribution in [3.8, 4) is 11.3 Å². The maximum atomic E-state index is 11.7. The summed E-state index contributed by atoms with van der Waals surface area (Å²) in [5, 5.41) is 2.84. The first-order valence-electron chi connectivity index (χ1n) is 6.43. The van der Waals surface area contributed by atoms with Crippen LogP contribution in [0.5, 0.6) is 0 Å². The Labute approximate surface area is 127 Å². The second-order valence-electron chi connectivity index (χ2n) is 4.26. The summed E-state index contributed by atoms with van der Waals surface area (Å²) in [7, 11) is 2.46. The molecule has 1 aromatic heterocycles. The molecule has 0 fully saturated rings. The Morgan fingerprint density at radius 1 is 1.14 bits per heavy atom. The summed E-state index contributed by atoms with van der Waals surface area (Å²) >= 11 is 0. The standard InChI is InChI=1S/C16H15NO5/c1-20-15(18)10-13(16(19)21-2)17-12-6-3-5-11(9-12)14-7-4-8-22-14/h3-10,17H,1-2H3/b13-10+. The van der Waals surface area contributed by atoms with E-state index in [2.05, 4.69) is 14.8 Å². The van der Waals surface area contributed by atoms with E-state index < -0.39 is 11.9 Å². The number of esters is 2. The fourth-order valence-electron chi connectivity index (χ4n) is 1.78. The lowest BCUT2D eigenvalue weighted by Crippen LogP contribution is -2.15. The highest BCUT2D eigenvalue weighted by molar-refractivity contribution is 5.98. The summed E-state index contributed by atoms with van der Waals surface area (Å²) in [6, 6.07) is 10.8. The van der Waals surface area contributed by atoms with E-state index in [1.54, 1.807) is 30.5 Å². The van der Waals surface area contributed by atoms with Crippen LogP contribution in [-0.2, 0) is 19.1 Å². The third-order valence-corrected chi connectivity index (χ3v) is 2.82. The molecule has 0 saturated heterocycles. The van der Waals surface area contributed by atoms with Crippen molar-refractivity contribution in [3.63, 3.8) is 0 Å². The highest BCUT2D eigenvalue weighted by Crippen LogP contribution is 2.23. The first-order valence-corrected chi connectivity index (χ1v) is 6.43. The second-order valence-corrected chi connectivity index (χ2v) is 4.26. The molecule has 114 valence electrons. The molecule has 6 nitrogen and oxygen atoms in total. The summed E-state index contributed by atoms with van der Waals surface area (Å²) in [5.74, 6) is -0.635. The zero-order chi connectivity index (χ0) is 15.9. The van der Waals surface area contributed by atoms with Crippen LogP contribution in [0.1, 0.15) is 0 Å². The molecule has 22 heavy (non-hydrogen) atoms. The molecule has 0 aliphatic rings. The van der Waals surface area contributed by atoms with Crippen molar-refractivity contribution in [2.45, 2.75) is 0 Å². The van der Waals surface area contributed by atoms with Crippen LogP contribution in [0.4, 0.5) is 5.69 Å². The number of rotatable bonds is 5. The van der Waals surface area contributed by atoms with E-state index in [1.807, 2.05) is 12.1 Å². The van der Waals surface area contributed by atoms with Crippen molar-refractivity contribution < 1.29 is 23.5 Å². The number of furan rings is 1. The molecule has 1 heterocycles. The van der Waals surface area contributed by atoms with E-state index in [9.17, 15) is 9.59 Å². The van der Waals surface area contributed by atoms with Crippen molar-refractivity contribution in [3.05, 3.63) is 54.4 Å². The van der Waals surface area contributed by atoms with Gasteiger partial charge in [-0.25, -0.2) is 9.59 Å². The SMILES string of the molecule is COC(=O)/C=C(/Nc1cccc(-c2ccco2)c1)C(=O)OC. The summed E-state index contributed by atoms with van der Waals surface area (Å²) in [6.07, 6.45) is 2.61. The average Bonchev–Trinajstić information content (AvgIpc) is 3.08. The lowest BCUT2D eigenvalue weighted by atomic mass is 10.1. The van der Waals surface area contributed by atoms with Gasteiger partial charge in [-0.05, 0) is 24.3 Å². The molecule has 0 saturated carbocycles. The third-order valence-electron chi connectivity index (χ3n) is 2.82. The Morgan fingerprint density at radius 2 is 1.95 bits per heavy atom. The number of benzene rings is 1. The van der Waals surface area contributed by atoms with Crippen LogP contribution < -0.4 is 5.32 Å². The molecular weight excluding hydrogens is 286 g/mol. The molecule has 2 rings (SSSR count). The van der Waals surface area contributed by atoms with E-state index >= 15 is 0 Å². The molecule has 0 aliphatic carbocycles. The quantitative estimate of drug-likeness (QED) is 0.675. The Bertz CT molecular complexity index is 688. The van der Waals surface area contributed by atoms with Crippen LogP contribution in [0.15, 0.2) is 58.9 Å². The van der Waals surface area contributed by atoms with E-state index in [-0.39, 0.29) is 5.70 Å². The zero-order valence-corrected chi connectivity index (χ0v) is 12.2. The van der Waals surface area contributed by atoms with Crippen molar-refractivity contribution in [2.24, 2.45) is 0 Å². The minimum atomic E-state index is -0.672. The first-order chi connectivity index (χ1) is 10.6. The fraction of sp³-hybridized carbons (Fsp3) is 0.125. The van der Waals surface area contributed by atoms with Gasteiger partial charge in [0.1, 0.15) is 11.5 Å². The van der Waals surface area contributed by atoms with Gasteiger partial charge in [-0.3, -0.25) is 0 Å². The van der Waals surface area contributed by atoms with Gasteiger partial charge in [-0.2, -0.15) is 0 Å².